The Kier molecular flexibility index (Phi) is 6.38. The second kappa shape index (κ2) is 9.92. The van der Waals surface area contributed by atoms with Gasteiger partial charge in [-0.1, -0.05) is 41.6 Å². The monoisotopic (exact) mass is 472 g/mol. The maximum atomic E-state index is 13.8. The van der Waals surface area contributed by atoms with Crippen molar-refractivity contribution in [2.24, 2.45) is 10.9 Å². The lowest BCUT2D eigenvalue weighted by molar-refractivity contribution is 0.0683. The highest BCUT2D eigenvalue weighted by Gasteiger charge is 2.33. The molecule has 0 unspecified atom stereocenters. The number of pyridine rings is 2. The molecule has 3 aromatic heterocycles. The van der Waals surface area contributed by atoms with Crippen LogP contribution in [0.15, 0.2) is 78.2 Å². The predicted octanol–water partition coefficient (Wildman–Crippen LogP) is 3.87. The summed E-state index contributed by atoms with van der Waals surface area (Å²) in [5, 5.41) is 8.61. The highest BCUT2D eigenvalue weighted by Crippen LogP contribution is 2.30. The molecular weight excluding hydrogens is 447 g/mol. The number of carbonyl (C=O) groups excluding carboxylic acids is 1. The number of hydrogen-bond donors (Lipinski definition) is 1. The molecule has 0 aliphatic carbocycles. The van der Waals surface area contributed by atoms with Crippen LogP contribution < -0.4 is 5.73 Å². The van der Waals surface area contributed by atoms with E-state index in [2.05, 4.69) is 10.1 Å². The van der Waals surface area contributed by atoms with Crippen LogP contribution in [-0.2, 0) is 4.84 Å². The molecule has 9 heteroatoms. The number of carbonyl (C=O) groups is 1. The van der Waals surface area contributed by atoms with E-state index in [1.807, 2.05) is 59.6 Å². The summed E-state index contributed by atoms with van der Waals surface area (Å²) in [5.74, 6) is -0.413. The molecule has 0 saturated carbocycles. The van der Waals surface area contributed by atoms with E-state index in [1.54, 1.807) is 4.52 Å². The SMILES string of the molecule is N/C(=N\OCC[C@@H]1CCCN1C(=O)c1c(-c2ccccc2)nn2ccccc12)c1ccc(F)cn1. The van der Waals surface area contributed by atoms with Crippen molar-refractivity contribution in [2.45, 2.75) is 25.3 Å². The zero-order valence-electron chi connectivity index (χ0n) is 19.0. The first kappa shape index (κ1) is 22.5. The highest BCUT2D eigenvalue weighted by atomic mass is 19.1. The normalized spacial score (nSPS) is 16.1. The first-order valence-electron chi connectivity index (χ1n) is 11.5. The van der Waals surface area contributed by atoms with Crippen LogP contribution in [0.3, 0.4) is 0 Å². The maximum Gasteiger partial charge on any atom is 0.258 e. The molecule has 4 heterocycles. The number of nitrogens with zero attached hydrogens (tertiary/aromatic N) is 5. The molecule has 35 heavy (non-hydrogen) atoms. The van der Waals surface area contributed by atoms with E-state index >= 15 is 0 Å². The Morgan fingerprint density at radius 3 is 2.77 bits per heavy atom. The molecule has 0 spiro atoms. The number of halogens is 1. The van der Waals surface area contributed by atoms with Gasteiger partial charge in [0.25, 0.3) is 5.91 Å². The van der Waals surface area contributed by atoms with Gasteiger partial charge in [-0.05, 0) is 37.1 Å². The van der Waals surface area contributed by atoms with Crippen LogP contribution >= 0.6 is 0 Å². The number of benzene rings is 1. The minimum Gasteiger partial charge on any atom is -0.394 e. The molecule has 0 radical (unpaired) electrons. The lowest BCUT2D eigenvalue weighted by Crippen LogP contribution is -2.36. The van der Waals surface area contributed by atoms with E-state index in [1.165, 1.54) is 12.1 Å². The molecule has 1 aliphatic rings. The Labute approximate surface area is 201 Å². The highest BCUT2D eigenvalue weighted by molar-refractivity contribution is 6.06. The van der Waals surface area contributed by atoms with Crippen LogP contribution in [0.2, 0.25) is 0 Å². The van der Waals surface area contributed by atoms with Crippen LogP contribution in [-0.4, -0.2) is 50.4 Å². The average Bonchev–Trinajstić information content (AvgIpc) is 3.52. The van der Waals surface area contributed by atoms with E-state index in [0.29, 0.717) is 29.9 Å². The molecule has 2 N–H and O–H groups in total. The van der Waals surface area contributed by atoms with Crippen LogP contribution in [0, 0.1) is 5.82 Å². The second-order valence-corrected chi connectivity index (χ2v) is 8.37. The van der Waals surface area contributed by atoms with Gasteiger partial charge in [-0.15, -0.1) is 0 Å². The molecule has 1 saturated heterocycles. The van der Waals surface area contributed by atoms with Crippen LogP contribution in [0.5, 0.6) is 0 Å². The summed E-state index contributed by atoms with van der Waals surface area (Å²) in [6.45, 7) is 0.962. The van der Waals surface area contributed by atoms with Crippen LogP contribution in [0.1, 0.15) is 35.3 Å². The molecule has 1 amide bonds. The molecule has 1 atom stereocenters. The Morgan fingerprint density at radius 2 is 1.97 bits per heavy atom. The van der Waals surface area contributed by atoms with Crippen molar-refractivity contribution in [2.75, 3.05) is 13.2 Å². The number of hydrogen-bond acceptors (Lipinski definition) is 5. The van der Waals surface area contributed by atoms with Crippen LogP contribution in [0.4, 0.5) is 4.39 Å². The number of rotatable bonds is 7. The van der Waals surface area contributed by atoms with E-state index in [0.717, 1.165) is 30.1 Å². The minimum atomic E-state index is -0.449. The quantitative estimate of drug-likeness (QED) is 0.191. The molecule has 1 fully saturated rings. The fourth-order valence-electron chi connectivity index (χ4n) is 4.43. The summed E-state index contributed by atoms with van der Waals surface area (Å²) in [6, 6.07) is 18.2. The molecular formula is C26H25FN6O2. The number of amidine groups is 1. The van der Waals surface area contributed by atoms with Gasteiger partial charge in [-0.25, -0.2) is 13.9 Å². The molecule has 1 aromatic carbocycles. The zero-order chi connectivity index (χ0) is 24.2. The third kappa shape index (κ3) is 4.70. The number of likely N-dealkylation sites (tertiary alicyclic amines) is 1. The Hall–Kier alpha value is -4.27. The third-order valence-electron chi connectivity index (χ3n) is 6.13. The van der Waals surface area contributed by atoms with Crippen molar-refractivity contribution in [3.8, 4) is 11.3 Å². The van der Waals surface area contributed by atoms with Crippen molar-refractivity contribution < 1.29 is 14.0 Å². The summed E-state index contributed by atoms with van der Waals surface area (Å²) >= 11 is 0. The Balaban J connectivity index is 1.32. The topological polar surface area (TPSA) is 98.1 Å². The van der Waals surface area contributed by atoms with Gasteiger partial charge in [-0.2, -0.15) is 5.10 Å². The zero-order valence-corrected chi connectivity index (χ0v) is 19.0. The number of fused-ring (bicyclic) bond motifs is 1. The Morgan fingerprint density at radius 1 is 1.14 bits per heavy atom. The molecule has 4 aromatic rings. The second-order valence-electron chi connectivity index (χ2n) is 8.37. The lowest BCUT2D eigenvalue weighted by atomic mass is 10.0. The third-order valence-corrected chi connectivity index (χ3v) is 6.13. The summed E-state index contributed by atoms with van der Waals surface area (Å²) in [6.07, 6.45) is 5.34. The fourth-order valence-corrected chi connectivity index (χ4v) is 4.43. The summed E-state index contributed by atoms with van der Waals surface area (Å²) in [4.78, 5) is 25.0. The molecule has 8 nitrogen and oxygen atoms in total. The van der Waals surface area contributed by atoms with Gasteiger partial charge in [0, 0.05) is 30.8 Å². The van der Waals surface area contributed by atoms with Gasteiger partial charge >= 0.3 is 0 Å². The number of amides is 1. The summed E-state index contributed by atoms with van der Waals surface area (Å²) < 4.78 is 14.8. The van der Waals surface area contributed by atoms with Gasteiger partial charge in [0.2, 0.25) is 0 Å². The first-order chi connectivity index (χ1) is 17.1. The van der Waals surface area contributed by atoms with Crippen molar-refractivity contribution in [3.05, 3.63) is 90.1 Å². The van der Waals surface area contributed by atoms with Crippen molar-refractivity contribution >= 4 is 17.3 Å². The minimum absolute atomic E-state index is 0.0187. The van der Waals surface area contributed by atoms with Gasteiger partial charge < -0.3 is 15.5 Å². The van der Waals surface area contributed by atoms with Crippen molar-refractivity contribution in [1.29, 1.82) is 0 Å². The predicted molar refractivity (Wildman–Crippen MR) is 130 cm³/mol. The lowest BCUT2D eigenvalue weighted by Gasteiger charge is -2.24. The van der Waals surface area contributed by atoms with E-state index in [4.69, 9.17) is 15.7 Å². The van der Waals surface area contributed by atoms with Crippen LogP contribution in [0.25, 0.3) is 16.8 Å². The van der Waals surface area contributed by atoms with E-state index in [9.17, 15) is 9.18 Å². The molecule has 178 valence electrons. The number of aromatic nitrogens is 3. The summed E-state index contributed by atoms with van der Waals surface area (Å²) in [5.41, 5.74) is 9.17. The molecule has 0 bridgehead atoms. The van der Waals surface area contributed by atoms with E-state index in [-0.39, 0.29) is 24.4 Å². The largest absolute Gasteiger partial charge is 0.394 e. The fraction of sp³-hybridized carbons (Fsp3) is 0.231. The average molecular weight is 473 g/mol. The van der Waals surface area contributed by atoms with Gasteiger partial charge in [0.1, 0.15) is 23.8 Å². The van der Waals surface area contributed by atoms with Crippen molar-refractivity contribution in [3.63, 3.8) is 0 Å². The first-order valence-corrected chi connectivity index (χ1v) is 11.5. The van der Waals surface area contributed by atoms with Gasteiger partial charge in [0.05, 0.1) is 17.3 Å². The van der Waals surface area contributed by atoms with Gasteiger partial charge in [-0.3, -0.25) is 4.79 Å². The summed E-state index contributed by atoms with van der Waals surface area (Å²) in [7, 11) is 0. The standard InChI is InChI=1S/C26H25FN6O2/c27-19-11-12-21(29-17-19)25(28)31-35-16-13-20-9-6-14-32(20)26(34)23-22-10-4-5-15-33(22)30-24(23)18-7-2-1-3-8-18/h1-5,7-8,10-12,15,17,20H,6,9,13-14,16H2,(H2,28,31)/t20-/m0/s1. The van der Waals surface area contributed by atoms with Gasteiger partial charge in [0.15, 0.2) is 5.84 Å². The Bertz CT molecular complexity index is 1350. The molecule has 1 aliphatic heterocycles. The molecule has 5 rings (SSSR count). The smallest absolute Gasteiger partial charge is 0.258 e. The number of oxime groups is 1. The van der Waals surface area contributed by atoms with Crippen molar-refractivity contribution in [1.82, 2.24) is 19.5 Å². The maximum absolute atomic E-state index is 13.8. The number of nitrogens with two attached hydrogens (primary N) is 1. The van der Waals surface area contributed by atoms with E-state index < -0.39 is 5.82 Å².